The molecule has 0 bridgehead atoms. The van der Waals surface area contributed by atoms with E-state index in [9.17, 15) is 22.9 Å². The Morgan fingerprint density at radius 2 is 1.84 bits per heavy atom. The number of fused-ring (bicyclic) bond motifs is 3. The van der Waals surface area contributed by atoms with Crippen LogP contribution < -0.4 is 10.4 Å². The first-order chi connectivity index (χ1) is 17.5. The first kappa shape index (κ1) is 24.1. The van der Waals surface area contributed by atoms with Gasteiger partial charge in [-0.15, -0.1) is 20.4 Å². The zero-order valence-electron chi connectivity index (χ0n) is 19.4. The van der Waals surface area contributed by atoms with E-state index in [2.05, 4.69) is 30.4 Å². The van der Waals surface area contributed by atoms with Crippen molar-refractivity contribution in [1.29, 1.82) is 0 Å². The van der Waals surface area contributed by atoms with Gasteiger partial charge < -0.3 is 14.9 Å². The highest BCUT2D eigenvalue weighted by Crippen LogP contribution is 2.31. The fraction of sp³-hybridized carbons (Fsp3) is 0.0909. The molecule has 13 nitrogen and oxygen atoms in total. The van der Waals surface area contributed by atoms with Crippen LogP contribution in [-0.2, 0) is 10.1 Å². The van der Waals surface area contributed by atoms with Gasteiger partial charge in [0.25, 0.3) is 15.7 Å². The molecule has 5 rings (SSSR count). The van der Waals surface area contributed by atoms with Crippen molar-refractivity contribution in [2.24, 2.45) is 10.2 Å². The van der Waals surface area contributed by atoms with Crippen molar-refractivity contribution in [3.8, 4) is 11.6 Å². The lowest BCUT2D eigenvalue weighted by Gasteiger charge is -2.13. The van der Waals surface area contributed by atoms with Gasteiger partial charge in [-0.05, 0) is 55.8 Å². The maximum absolute atomic E-state index is 12.1. The minimum absolute atomic E-state index is 0.155. The Labute approximate surface area is 210 Å². The molecule has 0 saturated carbocycles. The van der Waals surface area contributed by atoms with Crippen LogP contribution in [0.1, 0.15) is 5.82 Å². The second-order valence-electron chi connectivity index (χ2n) is 8.09. The third kappa shape index (κ3) is 4.52. The van der Waals surface area contributed by atoms with Gasteiger partial charge in [0.1, 0.15) is 27.4 Å². The summed E-state index contributed by atoms with van der Waals surface area (Å²) in [6, 6.07) is 13.1. The molecule has 0 saturated heterocycles. The van der Waals surface area contributed by atoms with E-state index >= 15 is 0 Å². The summed E-state index contributed by atoms with van der Waals surface area (Å²) in [4.78, 5) is 20.1. The van der Waals surface area contributed by atoms with Crippen molar-refractivity contribution in [2.45, 2.75) is 11.8 Å². The lowest BCUT2D eigenvalue weighted by atomic mass is 10.1. The van der Waals surface area contributed by atoms with Gasteiger partial charge >= 0.3 is 0 Å². The molecule has 0 unspecified atom stereocenters. The molecule has 0 atom stereocenters. The molecule has 5 aromatic rings. The van der Waals surface area contributed by atoms with Gasteiger partial charge in [-0.25, -0.2) is 0 Å². The monoisotopic (exact) mass is 516 g/mol. The van der Waals surface area contributed by atoms with Gasteiger partial charge in [0.05, 0.1) is 5.69 Å². The zero-order valence-corrected chi connectivity index (χ0v) is 20.2. The summed E-state index contributed by atoms with van der Waals surface area (Å²) in [5, 5.41) is 27.9. The Bertz CT molecular complexity index is 1900. The summed E-state index contributed by atoms with van der Waals surface area (Å²) in [5.74, 6) is -0.527. The van der Waals surface area contributed by atoms with E-state index in [4.69, 9.17) is 7.98 Å². The molecule has 0 aliphatic heterocycles. The highest BCUT2D eigenvalue weighted by atomic mass is 32.2. The zero-order chi connectivity index (χ0) is 26.5. The van der Waals surface area contributed by atoms with Crippen LogP contribution in [0.15, 0.2) is 68.4 Å². The molecular formula is C22H17BN8O5S. The van der Waals surface area contributed by atoms with Crippen molar-refractivity contribution in [2.75, 3.05) is 11.9 Å². The van der Waals surface area contributed by atoms with Crippen LogP contribution in [0.4, 0.5) is 17.1 Å². The highest BCUT2D eigenvalue weighted by Gasteiger charge is 2.19. The summed E-state index contributed by atoms with van der Waals surface area (Å²) in [7, 11) is 2.79. The molecule has 2 radical (unpaired) electrons. The van der Waals surface area contributed by atoms with E-state index in [1.165, 1.54) is 28.7 Å². The van der Waals surface area contributed by atoms with Gasteiger partial charge in [0.15, 0.2) is 0 Å². The number of nitrogens with zero attached hydrogens (tertiary/aromatic N) is 7. The first-order valence-corrected chi connectivity index (χ1v) is 12.1. The van der Waals surface area contributed by atoms with Crippen molar-refractivity contribution < 1.29 is 18.1 Å². The average Bonchev–Trinajstić information content (AvgIpc) is 3.27. The summed E-state index contributed by atoms with van der Waals surface area (Å²) in [6.07, 6.45) is 0. The van der Waals surface area contributed by atoms with Crippen LogP contribution >= 0.6 is 0 Å². The lowest BCUT2D eigenvalue weighted by Crippen LogP contribution is -2.10. The van der Waals surface area contributed by atoms with Crippen LogP contribution in [0, 0.1) is 6.92 Å². The molecule has 184 valence electrons. The van der Waals surface area contributed by atoms with Gasteiger partial charge in [0.2, 0.25) is 19.5 Å². The number of aromatic nitrogens is 5. The van der Waals surface area contributed by atoms with Crippen LogP contribution in [0.2, 0.25) is 0 Å². The van der Waals surface area contributed by atoms with Crippen molar-refractivity contribution in [1.82, 2.24) is 25.0 Å². The Morgan fingerprint density at radius 3 is 2.54 bits per heavy atom. The highest BCUT2D eigenvalue weighted by molar-refractivity contribution is 7.86. The Hall–Kier alpha value is -4.63. The van der Waals surface area contributed by atoms with E-state index in [0.717, 1.165) is 22.5 Å². The fourth-order valence-electron chi connectivity index (χ4n) is 3.70. The summed E-state index contributed by atoms with van der Waals surface area (Å²) >= 11 is 0. The number of aryl methyl sites for hydroxylation is 1. The molecule has 3 aromatic carbocycles. The number of hydrogen-bond donors (Lipinski definition) is 3. The van der Waals surface area contributed by atoms with Crippen molar-refractivity contribution in [3.05, 3.63) is 64.7 Å². The number of H-pyrrole nitrogens is 1. The molecule has 0 aliphatic rings. The topological polar surface area (TPSA) is 179 Å². The molecule has 0 amide bonds. The van der Waals surface area contributed by atoms with Gasteiger partial charge in [-0.3, -0.25) is 9.35 Å². The van der Waals surface area contributed by atoms with Crippen molar-refractivity contribution >= 4 is 57.0 Å². The molecule has 2 heterocycles. The quantitative estimate of drug-likeness (QED) is 0.180. The van der Waals surface area contributed by atoms with Crippen LogP contribution in [0.5, 0.6) is 5.88 Å². The average molecular weight is 516 g/mol. The predicted octanol–water partition coefficient (Wildman–Crippen LogP) is 2.85. The van der Waals surface area contributed by atoms with Gasteiger partial charge in [-0.1, -0.05) is 12.1 Å². The Morgan fingerprint density at radius 1 is 1.08 bits per heavy atom. The second-order valence-corrected chi connectivity index (χ2v) is 9.48. The van der Waals surface area contributed by atoms with Gasteiger partial charge in [0, 0.05) is 11.1 Å². The maximum Gasteiger partial charge on any atom is 0.296 e. The molecule has 0 fully saturated rings. The minimum atomic E-state index is -4.78. The van der Waals surface area contributed by atoms with E-state index < -0.39 is 32.1 Å². The molecular weight excluding hydrogens is 499 g/mol. The number of anilines is 1. The Kier molecular flexibility index (Phi) is 5.72. The van der Waals surface area contributed by atoms with E-state index in [0.29, 0.717) is 11.0 Å². The third-order valence-electron chi connectivity index (χ3n) is 5.46. The van der Waals surface area contributed by atoms with E-state index in [1.807, 2.05) is 24.3 Å². The number of nitrogens with one attached hydrogen (secondary N) is 1. The molecule has 37 heavy (non-hydrogen) atoms. The number of aromatic amines is 1. The van der Waals surface area contributed by atoms with Crippen molar-refractivity contribution in [3.63, 3.8) is 0 Å². The number of aromatic hydroxyl groups is 1. The first-order valence-electron chi connectivity index (χ1n) is 10.6. The minimum Gasteiger partial charge on any atom is -0.492 e. The number of azo groups is 1. The fourth-order valence-corrected chi connectivity index (χ4v) is 4.34. The number of hydrogen-bond acceptors (Lipinski definition) is 10. The lowest BCUT2D eigenvalue weighted by molar-refractivity contribution is 0.450. The number of benzene rings is 3. The molecule has 0 spiro atoms. The van der Waals surface area contributed by atoms with Gasteiger partial charge in [-0.2, -0.15) is 18.2 Å². The standard InChI is InChI=1S/C22H17BN8O5S/c1-11-24-21(32)20(22(33)25-11)27-26-16-8-6-14(10-18(16)37(34,35)36)31-28-17-7-4-12-3-5-13(30(2)23)9-15(12)19(17)29-31/h3-10H,1-2H3,(H,34,35,36)(H2,24,25,32,33). The molecule has 0 aliphatic carbocycles. The summed E-state index contributed by atoms with van der Waals surface area (Å²) in [6.45, 7) is 1.46. The number of rotatable bonds is 5. The largest absolute Gasteiger partial charge is 0.492 e. The third-order valence-corrected chi connectivity index (χ3v) is 6.35. The summed E-state index contributed by atoms with van der Waals surface area (Å²) < 4.78 is 34.1. The van der Waals surface area contributed by atoms with Crippen LogP contribution in [-0.4, -0.2) is 58.1 Å². The second kappa shape index (κ2) is 8.79. The van der Waals surface area contributed by atoms with E-state index in [1.54, 1.807) is 13.1 Å². The maximum atomic E-state index is 12.1. The molecule has 2 aromatic heterocycles. The predicted molar refractivity (Wildman–Crippen MR) is 136 cm³/mol. The van der Waals surface area contributed by atoms with E-state index in [-0.39, 0.29) is 17.2 Å². The SMILES string of the molecule is [B]N(C)c1ccc2ccc3nn(-c4ccc(N=Nc5c(O)nc(C)[nH]c5=O)c(S(=O)(=O)O)c4)nc3c2c1. The van der Waals surface area contributed by atoms with Crippen LogP contribution in [0.25, 0.3) is 27.5 Å². The Balaban J connectivity index is 1.62. The molecule has 15 heteroatoms. The smallest absolute Gasteiger partial charge is 0.296 e. The summed E-state index contributed by atoms with van der Waals surface area (Å²) in [5.41, 5.74) is 0.478. The molecule has 3 N–H and O–H groups in total. The van der Waals surface area contributed by atoms with Crippen LogP contribution in [0.3, 0.4) is 0 Å². The normalized spacial score (nSPS) is 12.1.